The summed E-state index contributed by atoms with van der Waals surface area (Å²) in [5.41, 5.74) is 1.76. The SMILES string of the molecule is O=C(O)CNC(CO)c1cc2ccccc2[nH]1. The van der Waals surface area contributed by atoms with Crippen LogP contribution in [0.5, 0.6) is 0 Å². The summed E-state index contributed by atoms with van der Waals surface area (Å²) in [5.74, 6) is -0.945. The Morgan fingerprint density at radius 1 is 1.41 bits per heavy atom. The number of nitrogens with one attached hydrogen (secondary N) is 2. The zero-order valence-corrected chi connectivity index (χ0v) is 9.18. The van der Waals surface area contributed by atoms with Crippen molar-refractivity contribution in [3.8, 4) is 0 Å². The standard InChI is InChI=1S/C12H14N2O3/c15-7-11(13-6-12(16)17)10-5-8-3-1-2-4-9(8)14-10/h1-5,11,13-15H,6-7H2,(H,16,17). The number of carboxylic acid groups (broad SMARTS) is 1. The molecule has 0 saturated carbocycles. The number of fused-ring (bicyclic) bond motifs is 1. The van der Waals surface area contributed by atoms with E-state index in [1.54, 1.807) is 0 Å². The van der Waals surface area contributed by atoms with Gasteiger partial charge in [-0.15, -0.1) is 0 Å². The zero-order valence-electron chi connectivity index (χ0n) is 9.18. The Morgan fingerprint density at radius 2 is 2.18 bits per heavy atom. The van der Waals surface area contributed by atoms with Crippen molar-refractivity contribution in [2.75, 3.05) is 13.2 Å². The molecule has 0 amide bonds. The van der Waals surface area contributed by atoms with Crippen molar-refractivity contribution >= 4 is 16.9 Å². The number of aliphatic hydroxyl groups is 1. The number of para-hydroxylation sites is 1. The molecule has 5 nitrogen and oxygen atoms in total. The average molecular weight is 234 g/mol. The van der Waals surface area contributed by atoms with Gasteiger partial charge in [0.05, 0.1) is 19.2 Å². The maximum atomic E-state index is 10.5. The van der Waals surface area contributed by atoms with Crippen molar-refractivity contribution in [3.05, 3.63) is 36.0 Å². The van der Waals surface area contributed by atoms with Crippen LogP contribution < -0.4 is 5.32 Å². The lowest BCUT2D eigenvalue weighted by Gasteiger charge is -2.12. The van der Waals surface area contributed by atoms with Gasteiger partial charge in [0.15, 0.2) is 0 Å². The molecule has 1 aromatic carbocycles. The zero-order chi connectivity index (χ0) is 12.3. The summed E-state index contributed by atoms with van der Waals surface area (Å²) in [6, 6.07) is 9.26. The number of hydrogen-bond acceptors (Lipinski definition) is 3. The number of aromatic nitrogens is 1. The van der Waals surface area contributed by atoms with Crippen molar-refractivity contribution in [2.45, 2.75) is 6.04 Å². The third kappa shape index (κ3) is 2.64. The van der Waals surface area contributed by atoms with Gasteiger partial charge >= 0.3 is 5.97 Å². The highest BCUT2D eigenvalue weighted by Gasteiger charge is 2.13. The monoisotopic (exact) mass is 234 g/mol. The van der Waals surface area contributed by atoms with Crippen LogP contribution in [0.3, 0.4) is 0 Å². The normalized spacial score (nSPS) is 12.8. The van der Waals surface area contributed by atoms with Crippen molar-refractivity contribution < 1.29 is 15.0 Å². The Bertz CT molecular complexity index is 488. The fourth-order valence-corrected chi connectivity index (χ4v) is 1.77. The summed E-state index contributed by atoms with van der Waals surface area (Å²) >= 11 is 0. The summed E-state index contributed by atoms with van der Waals surface area (Å²) in [6.45, 7) is -0.333. The molecule has 0 aliphatic carbocycles. The highest BCUT2D eigenvalue weighted by Crippen LogP contribution is 2.19. The van der Waals surface area contributed by atoms with Gasteiger partial charge < -0.3 is 15.2 Å². The Morgan fingerprint density at radius 3 is 2.82 bits per heavy atom. The molecule has 2 rings (SSSR count). The molecular formula is C12H14N2O3. The van der Waals surface area contributed by atoms with E-state index < -0.39 is 12.0 Å². The predicted octanol–water partition coefficient (Wildman–Crippen LogP) is 0.875. The van der Waals surface area contributed by atoms with E-state index in [9.17, 15) is 9.90 Å². The van der Waals surface area contributed by atoms with Crippen LogP contribution in [0.4, 0.5) is 0 Å². The molecule has 1 heterocycles. The Kier molecular flexibility index (Phi) is 3.41. The molecule has 1 aromatic heterocycles. The smallest absolute Gasteiger partial charge is 0.317 e. The van der Waals surface area contributed by atoms with Crippen LogP contribution in [0.2, 0.25) is 0 Å². The first kappa shape index (κ1) is 11.6. The predicted molar refractivity (Wildman–Crippen MR) is 63.8 cm³/mol. The van der Waals surface area contributed by atoms with Gasteiger partial charge in [0.25, 0.3) is 0 Å². The molecular weight excluding hydrogens is 220 g/mol. The fraction of sp³-hybridized carbons (Fsp3) is 0.250. The minimum absolute atomic E-state index is 0.153. The van der Waals surface area contributed by atoms with Crippen LogP contribution in [0, 0.1) is 0 Å². The molecule has 0 fully saturated rings. The van der Waals surface area contributed by atoms with E-state index in [0.29, 0.717) is 0 Å². The molecule has 0 radical (unpaired) electrons. The number of H-pyrrole nitrogens is 1. The highest BCUT2D eigenvalue weighted by molar-refractivity contribution is 5.80. The largest absolute Gasteiger partial charge is 0.480 e. The number of aliphatic carboxylic acids is 1. The van der Waals surface area contributed by atoms with Gasteiger partial charge in [-0.3, -0.25) is 10.1 Å². The number of benzene rings is 1. The van der Waals surface area contributed by atoms with Crippen molar-refractivity contribution in [1.29, 1.82) is 0 Å². The first-order chi connectivity index (χ1) is 8.20. The first-order valence-corrected chi connectivity index (χ1v) is 5.34. The van der Waals surface area contributed by atoms with E-state index in [0.717, 1.165) is 16.6 Å². The molecule has 0 spiro atoms. The maximum Gasteiger partial charge on any atom is 0.317 e. The Labute approximate surface area is 98.1 Å². The van der Waals surface area contributed by atoms with E-state index in [1.807, 2.05) is 30.3 Å². The van der Waals surface area contributed by atoms with E-state index in [1.165, 1.54) is 0 Å². The third-order valence-electron chi connectivity index (χ3n) is 2.61. The summed E-state index contributed by atoms with van der Waals surface area (Å²) in [4.78, 5) is 13.6. The molecule has 0 saturated heterocycles. The quantitative estimate of drug-likeness (QED) is 0.618. The van der Waals surface area contributed by atoms with Crippen LogP contribution in [0.1, 0.15) is 11.7 Å². The molecule has 2 aromatic rings. The third-order valence-corrected chi connectivity index (χ3v) is 2.61. The Balaban J connectivity index is 2.21. The van der Waals surface area contributed by atoms with E-state index >= 15 is 0 Å². The molecule has 0 aliphatic heterocycles. The number of carboxylic acids is 1. The maximum absolute atomic E-state index is 10.5. The first-order valence-electron chi connectivity index (χ1n) is 5.34. The average Bonchev–Trinajstić information content (AvgIpc) is 2.72. The summed E-state index contributed by atoms with van der Waals surface area (Å²) in [7, 11) is 0. The van der Waals surface area contributed by atoms with Gasteiger partial charge in [-0.05, 0) is 17.5 Å². The second kappa shape index (κ2) is 4.99. The van der Waals surface area contributed by atoms with Crippen LogP contribution in [-0.2, 0) is 4.79 Å². The van der Waals surface area contributed by atoms with Gasteiger partial charge in [0.1, 0.15) is 0 Å². The van der Waals surface area contributed by atoms with Gasteiger partial charge in [0.2, 0.25) is 0 Å². The van der Waals surface area contributed by atoms with Gasteiger partial charge in [-0.2, -0.15) is 0 Å². The Hall–Kier alpha value is -1.85. The minimum Gasteiger partial charge on any atom is -0.480 e. The van der Waals surface area contributed by atoms with Gasteiger partial charge in [0, 0.05) is 11.2 Å². The topological polar surface area (TPSA) is 85.3 Å². The molecule has 5 heteroatoms. The van der Waals surface area contributed by atoms with Gasteiger partial charge in [-0.25, -0.2) is 0 Å². The van der Waals surface area contributed by atoms with Crippen molar-refractivity contribution in [2.24, 2.45) is 0 Å². The van der Waals surface area contributed by atoms with Crippen LogP contribution >= 0.6 is 0 Å². The van der Waals surface area contributed by atoms with Gasteiger partial charge in [-0.1, -0.05) is 18.2 Å². The van der Waals surface area contributed by atoms with Crippen LogP contribution in [0.15, 0.2) is 30.3 Å². The number of aliphatic hydroxyl groups excluding tert-OH is 1. The van der Waals surface area contributed by atoms with Crippen LogP contribution in [-0.4, -0.2) is 34.3 Å². The minimum atomic E-state index is -0.945. The summed E-state index contributed by atoms with van der Waals surface area (Å²) < 4.78 is 0. The second-order valence-electron chi connectivity index (χ2n) is 3.82. The molecule has 90 valence electrons. The van der Waals surface area contributed by atoms with Crippen molar-refractivity contribution in [3.63, 3.8) is 0 Å². The number of hydrogen-bond donors (Lipinski definition) is 4. The summed E-state index contributed by atoms with van der Waals surface area (Å²) in [6.07, 6.45) is 0. The lowest BCUT2D eigenvalue weighted by atomic mass is 10.2. The van der Waals surface area contributed by atoms with Crippen molar-refractivity contribution in [1.82, 2.24) is 10.3 Å². The number of aromatic amines is 1. The van der Waals surface area contributed by atoms with E-state index in [2.05, 4.69) is 10.3 Å². The summed E-state index contributed by atoms with van der Waals surface area (Å²) in [5, 5.41) is 21.6. The highest BCUT2D eigenvalue weighted by atomic mass is 16.4. The number of carbonyl (C=O) groups is 1. The fourth-order valence-electron chi connectivity index (χ4n) is 1.77. The van der Waals surface area contributed by atoms with E-state index in [4.69, 9.17) is 5.11 Å². The molecule has 4 N–H and O–H groups in total. The molecule has 0 bridgehead atoms. The molecule has 1 unspecified atom stereocenters. The molecule has 1 atom stereocenters. The lowest BCUT2D eigenvalue weighted by Crippen LogP contribution is -2.29. The van der Waals surface area contributed by atoms with E-state index in [-0.39, 0.29) is 13.2 Å². The lowest BCUT2D eigenvalue weighted by molar-refractivity contribution is -0.136. The second-order valence-corrected chi connectivity index (χ2v) is 3.82. The molecule has 0 aliphatic rings. The molecule has 17 heavy (non-hydrogen) atoms. The number of rotatable bonds is 5. The van der Waals surface area contributed by atoms with Crippen LogP contribution in [0.25, 0.3) is 10.9 Å².